The van der Waals surface area contributed by atoms with Gasteiger partial charge in [0, 0.05) is 25.6 Å². The number of amides is 1. The Labute approximate surface area is 137 Å². The first-order valence-electron chi connectivity index (χ1n) is 7.84. The number of carbonyl (C=O) groups excluding carboxylic acids is 1. The first kappa shape index (κ1) is 16.8. The van der Waals surface area contributed by atoms with Crippen molar-refractivity contribution in [2.75, 3.05) is 13.1 Å². The molecule has 0 aliphatic carbocycles. The lowest BCUT2D eigenvalue weighted by atomic mass is 10.00. The van der Waals surface area contributed by atoms with Crippen LogP contribution in [-0.2, 0) is 4.79 Å². The summed E-state index contributed by atoms with van der Waals surface area (Å²) in [5.41, 5.74) is 1.31. The maximum Gasteiger partial charge on any atom is 0.207 e. The fraction of sp³-hybridized carbons (Fsp3) is 0.250. The molecule has 0 radical (unpaired) electrons. The Morgan fingerprint density at radius 3 is 2.87 bits per heavy atom. The zero-order valence-electron chi connectivity index (χ0n) is 13.4. The van der Waals surface area contributed by atoms with Crippen molar-refractivity contribution >= 4 is 17.2 Å². The lowest BCUT2D eigenvalue weighted by Crippen LogP contribution is -2.18. The average molecular weight is 306 g/mol. The minimum atomic E-state index is 0.274. The van der Waals surface area contributed by atoms with E-state index in [1.807, 2.05) is 12.2 Å². The molecule has 2 rings (SSSR count). The molecule has 0 aliphatic heterocycles. The van der Waals surface area contributed by atoms with Gasteiger partial charge < -0.3 is 10.6 Å². The van der Waals surface area contributed by atoms with E-state index in [0.717, 1.165) is 6.54 Å². The summed E-state index contributed by atoms with van der Waals surface area (Å²) in [6.07, 6.45) is 5.23. The largest absolute Gasteiger partial charge is 0.358 e. The molecule has 23 heavy (non-hydrogen) atoms. The quantitative estimate of drug-likeness (QED) is 0.468. The number of nitrogens with one attached hydrogen (secondary N) is 2. The lowest BCUT2D eigenvalue weighted by Gasteiger charge is -2.15. The summed E-state index contributed by atoms with van der Waals surface area (Å²) in [4.78, 5) is 10.1. The van der Waals surface area contributed by atoms with Crippen molar-refractivity contribution in [3.8, 4) is 11.8 Å². The Hall–Kier alpha value is -2.57. The second-order valence-corrected chi connectivity index (χ2v) is 5.24. The second-order valence-electron chi connectivity index (χ2n) is 5.24. The van der Waals surface area contributed by atoms with Crippen LogP contribution in [0.4, 0.5) is 0 Å². The molecule has 3 nitrogen and oxygen atoms in total. The van der Waals surface area contributed by atoms with Crippen LogP contribution < -0.4 is 10.6 Å². The van der Waals surface area contributed by atoms with Gasteiger partial charge in [-0.05, 0) is 29.3 Å². The van der Waals surface area contributed by atoms with Gasteiger partial charge in [-0.2, -0.15) is 0 Å². The molecule has 3 heteroatoms. The Kier molecular flexibility index (Phi) is 6.90. The number of rotatable bonds is 7. The van der Waals surface area contributed by atoms with Gasteiger partial charge in [0.05, 0.1) is 0 Å². The minimum Gasteiger partial charge on any atom is -0.358 e. The molecule has 0 bridgehead atoms. The topological polar surface area (TPSA) is 41.1 Å². The molecule has 118 valence electrons. The van der Waals surface area contributed by atoms with E-state index >= 15 is 0 Å². The molecular weight excluding hydrogens is 284 g/mol. The standard InChI is InChI=1S/C20H22N2O/c1-17(22-15-8-4-2-3-7-14-21-16-23)19-13-9-11-18-10-5-6-12-20(18)19/h4-6,8-13,16-17,22H,7,14-15H2,1H3,(H,21,23)/t17-/m1/s1. The van der Waals surface area contributed by atoms with Gasteiger partial charge in [0.15, 0.2) is 0 Å². The summed E-state index contributed by atoms with van der Waals surface area (Å²) in [5.74, 6) is 5.94. The fourth-order valence-electron chi connectivity index (χ4n) is 2.43. The van der Waals surface area contributed by atoms with E-state index in [4.69, 9.17) is 0 Å². The van der Waals surface area contributed by atoms with Crippen LogP contribution in [0.1, 0.15) is 24.9 Å². The number of fused-ring (bicyclic) bond motifs is 1. The smallest absolute Gasteiger partial charge is 0.207 e. The van der Waals surface area contributed by atoms with Gasteiger partial charge in [-0.3, -0.25) is 4.79 Å². The normalized spacial score (nSPS) is 11.9. The van der Waals surface area contributed by atoms with E-state index in [0.29, 0.717) is 19.4 Å². The molecule has 2 aromatic rings. The molecule has 0 unspecified atom stereocenters. The van der Waals surface area contributed by atoms with Crippen LogP contribution in [0, 0.1) is 11.8 Å². The van der Waals surface area contributed by atoms with Crippen molar-refractivity contribution in [1.82, 2.24) is 10.6 Å². The third-order valence-electron chi connectivity index (χ3n) is 3.61. The summed E-state index contributed by atoms with van der Waals surface area (Å²) in [6.45, 7) is 3.54. The highest BCUT2D eigenvalue weighted by molar-refractivity contribution is 5.86. The molecule has 0 spiro atoms. The number of hydrogen-bond donors (Lipinski definition) is 2. The predicted molar refractivity (Wildman–Crippen MR) is 96.0 cm³/mol. The number of benzene rings is 2. The van der Waals surface area contributed by atoms with Gasteiger partial charge in [-0.1, -0.05) is 60.4 Å². The maximum absolute atomic E-state index is 10.1. The van der Waals surface area contributed by atoms with Crippen molar-refractivity contribution in [2.24, 2.45) is 0 Å². The number of hydrogen-bond acceptors (Lipinski definition) is 2. The van der Waals surface area contributed by atoms with E-state index in [1.165, 1.54) is 16.3 Å². The van der Waals surface area contributed by atoms with Crippen LogP contribution in [0.15, 0.2) is 54.6 Å². The van der Waals surface area contributed by atoms with Crippen LogP contribution >= 0.6 is 0 Å². The molecular formula is C20H22N2O. The fourth-order valence-corrected chi connectivity index (χ4v) is 2.43. The van der Waals surface area contributed by atoms with Gasteiger partial charge >= 0.3 is 0 Å². The summed E-state index contributed by atoms with van der Waals surface area (Å²) in [6, 6.07) is 15.1. The van der Waals surface area contributed by atoms with Crippen LogP contribution in [-0.4, -0.2) is 19.5 Å². The molecule has 0 aromatic heterocycles. The van der Waals surface area contributed by atoms with E-state index in [-0.39, 0.29) is 6.04 Å². The Morgan fingerprint density at radius 2 is 2.00 bits per heavy atom. The van der Waals surface area contributed by atoms with E-state index in [9.17, 15) is 4.79 Å². The zero-order valence-corrected chi connectivity index (χ0v) is 13.4. The van der Waals surface area contributed by atoms with Crippen LogP contribution in [0.2, 0.25) is 0 Å². The monoisotopic (exact) mass is 306 g/mol. The van der Waals surface area contributed by atoms with Crippen molar-refractivity contribution in [3.63, 3.8) is 0 Å². The Balaban J connectivity index is 1.85. The molecule has 0 fully saturated rings. The van der Waals surface area contributed by atoms with E-state index < -0.39 is 0 Å². The summed E-state index contributed by atoms with van der Waals surface area (Å²) < 4.78 is 0. The van der Waals surface area contributed by atoms with E-state index in [1.54, 1.807) is 0 Å². The molecule has 0 aliphatic rings. The number of allylic oxidation sites excluding steroid dienone is 1. The van der Waals surface area contributed by atoms with Gasteiger partial charge in [0.2, 0.25) is 6.41 Å². The summed E-state index contributed by atoms with van der Waals surface area (Å²) in [5, 5.41) is 8.63. The third kappa shape index (κ3) is 5.28. The third-order valence-corrected chi connectivity index (χ3v) is 3.61. The SMILES string of the molecule is C[C@@H](NCC=CC#CCCNC=O)c1cccc2ccccc12. The number of carbonyl (C=O) groups is 1. The first-order valence-corrected chi connectivity index (χ1v) is 7.84. The van der Waals surface area contributed by atoms with Crippen LogP contribution in [0.25, 0.3) is 10.8 Å². The van der Waals surface area contributed by atoms with Crippen molar-refractivity contribution in [1.29, 1.82) is 0 Å². The average Bonchev–Trinajstić information content (AvgIpc) is 2.59. The Bertz CT molecular complexity index is 720. The first-order chi connectivity index (χ1) is 11.3. The predicted octanol–water partition coefficient (Wildman–Crippen LogP) is 3.19. The van der Waals surface area contributed by atoms with Crippen molar-refractivity contribution in [3.05, 3.63) is 60.2 Å². The second kappa shape index (κ2) is 9.45. The van der Waals surface area contributed by atoms with Crippen molar-refractivity contribution < 1.29 is 4.79 Å². The summed E-state index contributed by atoms with van der Waals surface area (Å²) in [7, 11) is 0. The molecule has 0 saturated heterocycles. The maximum atomic E-state index is 10.1. The molecule has 2 N–H and O–H groups in total. The highest BCUT2D eigenvalue weighted by Gasteiger charge is 2.07. The van der Waals surface area contributed by atoms with Crippen LogP contribution in [0.3, 0.4) is 0 Å². The Morgan fingerprint density at radius 1 is 1.17 bits per heavy atom. The molecule has 1 atom stereocenters. The zero-order chi connectivity index (χ0) is 16.3. The molecule has 0 heterocycles. The van der Waals surface area contributed by atoms with Crippen molar-refractivity contribution in [2.45, 2.75) is 19.4 Å². The summed E-state index contributed by atoms with van der Waals surface area (Å²) >= 11 is 0. The lowest BCUT2D eigenvalue weighted by molar-refractivity contribution is -0.109. The minimum absolute atomic E-state index is 0.274. The molecule has 2 aromatic carbocycles. The molecule has 1 amide bonds. The van der Waals surface area contributed by atoms with Gasteiger partial charge in [-0.15, -0.1) is 0 Å². The highest BCUT2D eigenvalue weighted by Crippen LogP contribution is 2.23. The molecule has 0 saturated carbocycles. The van der Waals surface area contributed by atoms with Gasteiger partial charge in [0.1, 0.15) is 0 Å². The van der Waals surface area contributed by atoms with Crippen LogP contribution in [0.5, 0.6) is 0 Å². The van der Waals surface area contributed by atoms with Gasteiger partial charge in [-0.25, -0.2) is 0 Å². The van der Waals surface area contributed by atoms with E-state index in [2.05, 4.69) is 71.9 Å². The highest BCUT2D eigenvalue weighted by atomic mass is 16.1. The van der Waals surface area contributed by atoms with Gasteiger partial charge in [0.25, 0.3) is 0 Å².